The molecule has 8 heteroatoms. The van der Waals surface area contributed by atoms with E-state index in [2.05, 4.69) is 5.32 Å². The standard InChI is InChI=1S/C38H31N3O5/c1-4-46-37(44)28-16-19-30(20-17-28)40-33(26-11-7-5-8-12-26)23-29(34(40)27-13-9-6-10-14-27)22-32-35(42)39-38(45)41(36(32)43)31-18-15-24(2)25(3)21-31/h5-23H,4H2,1-3H3,(H,39,42,45)/b32-22+. The van der Waals surface area contributed by atoms with Crippen LogP contribution in [0.2, 0.25) is 0 Å². The Morgan fingerprint density at radius 1 is 0.761 bits per heavy atom. The van der Waals surface area contributed by atoms with Gasteiger partial charge in [-0.25, -0.2) is 14.5 Å². The fraction of sp³-hybridized carbons (Fsp3) is 0.105. The van der Waals surface area contributed by atoms with Gasteiger partial charge in [-0.3, -0.25) is 14.9 Å². The number of imide groups is 2. The summed E-state index contributed by atoms with van der Waals surface area (Å²) in [6.45, 7) is 5.86. The normalized spacial score (nSPS) is 14.0. The van der Waals surface area contributed by atoms with Crippen molar-refractivity contribution in [3.8, 4) is 28.2 Å². The zero-order chi connectivity index (χ0) is 32.4. The number of nitrogens with one attached hydrogen (secondary N) is 1. The SMILES string of the molecule is CCOC(=O)c1ccc(-n2c(-c3ccccc3)cc(/C=C3\C(=O)NC(=O)N(c4ccc(C)c(C)c4)C3=O)c2-c2ccccc2)cc1. The van der Waals surface area contributed by atoms with Crippen molar-refractivity contribution in [1.82, 2.24) is 9.88 Å². The zero-order valence-electron chi connectivity index (χ0n) is 25.6. The highest BCUT2D eigenvalue weighted by Gasteiger charge is 2.37. The summed E-state index contributed by atoms with van der Waals surface area (Å²) < 4.78 is 7.21. The number of aromatic nitrogens is 1. The molecule has 1 N–H and O–H groups in total. The quantitative estimate of drug-likeness (QED) is 0.119. The summed E-state index contributed by atoms with van der Waals surface area (Å²) in [7, 11) is 0. The highest BCUT2D eigenvalue weighted by atomic mass is 16.5. The minimum Gasteiger partial charge on any atom is -0.462 e. The lowest BCUT2D eigenvalue weighted by Crippen LogP contribution is -2.54. The second-order valence-corrected chi connectivity index (χ2v) is 10.9. The van der Waals surface area contributed by atoms with Gasteiger partial charge in [0, 0.05) is 11.3 Å². The predicted molar refractivity (Wildman–Crippen MR) is 178 cm³/mol. The van der Waals surface area contributed by atoms with E-state index >= 15 is 0 Å². The fourth-order valence-electron chi connectivity index (χ4n) is 5.49. The predicted octanol–water partition coefficient (Wildman–Crippen LogP) is 7.27. The molecule has 0 saturated carbocycles. The van der Waals surface area contributed by atoms with Crippen LogP contribution in [0.4, 0.5) is 10.5 Å². The molecule has 0 aliphatic carbocycles. The number of anilines is 1. The molecule has 4 aromatic carbocycles. The number of ether oxygens (including phenoxy) is 1. The molecule has 2 heterocycles. The van der Waals surface area contributed by atoms with Crippen LogP contribution in [-0.2, 0) is 14.3 Å². The molecule has 1 aliphatic heterocycles. The van der Waals surface area contributed by atoms with Crippen LogP contribution in [0.25, 0.3) is 34.3 Å². The maximum absolute atomic E-state index is 13.9. The molecule has 1 saturated heterocycles. The van der Waals surface area contributed by atoms with Gasteiger partial charge in [-0.15, -0.1) is 0 Å². The maximum Gasteiger partial charge on any atom is 0.338 e. The Balaban J connectivity index is 1.57. The number of hydrogen-bond donors (Lipinski definition) is 1. The van der Waals surface area contributed by atoms with Crippen LogP contribution in [0, 0.1) is 13.8 Å². The average Bonchev–Trinajstić information content (AvgIpc) is 3.45. The van der Waals surface area contributed by atoms with Crippen molar-refractivity contribution >= 4 is 35.6 Å². The van der Waals surface area contributed by atoms with E-state index in [-0.39, 0.29) is 12.2 Å². The second kappa shape index (κ2) is 12.5. The van der Waals surface area contributed by atoms with Crippen LogP contribution in [0.1, 0.15) is 34.0 Å². The molecule has 46 heavy (non-hydrogen) atoms. The molecule has 6 rings (SSSR count). The molecule has 0 atom stereocenters. The first-order chi connectivity index (χ1) is 22.3. The number of carbonyl (C=O) groups is 4. The van der Waals surface area contributed by atoms with Gasteiger partial charge in [-0.1, -0.05) is 66.7 Å². The largest absolute Gasteiger partial charge is 0.462 e. The molecule has 0 bridgehead atoms. The van der Waals surface area contributed by atoms with Crippen molar-refractivity contribution in [1.29, 1.82) is 0 Å². The second-order valence-electron chi connectivity index (χ2n) is 10.9. The van der Waals surface area contributed by atoms with Crippen molar-refractivity contribution < 1.29 is 23.9 Å². The number of amides is 4. The van der Waals surface area contributed by atoms with E-state index in [1.165, 1.54) is 6.08 Å². The van der Waals surface area contributed by atoms with Gasteiger partial charge in [0.1, 0.15) is 5.57 Å². The van der Waals surface area contributed by atoms with Gasteiger partial charge in [0.2, 0.25) is 0 Å². The van der Waals surface area contributed by atoms with Crippen molar-refractivity contribution in [3.63, 3.8) is 0 Å². The first-order valence-corrected chi connectivity index (χ1v) is 14.9. The first-order valence-electron chi connectivity index (χ1n) is 14.9. The number of nitrogens with zero attached hydrogens (tertiary/aromatic N) is 2. The third-order valence-corrected chi connectivity index (χ3v) is 7.93. The van der Waals surface area contributed by atoms with Crippen LogP contribution < -0.4 is 10.2 Å². The van der Waals surface area contributed by atoms with Crippen molar-refractivity contribution in [2.75, 3.05) is 11.5 Å². The Morgan fingerprint density at radius 3 is 2.02 bits per heavy atom. The molecule has 8 nitrogen and oxygen atoms in total. The highest BCUT2D eigenvalue weighted by molar-refractivity contribution is 6.39. The van der Waals surface area contributed by atoms with Gasteiger partial charge in [0.25, 0.3) is 11.8 Å². The lowest BCUT2D eigenvalue weighted by Gasteiger charge is -2.27. The van der Waals surface area contributed by atoms with Gasteiger partial charge >= 0.3 is 12.0 Å². The summed E-state index contributed by atoms with van der Waals surface area (Å²) in [6.07, 6.45) is 1.54. The van der Waals surface area contributed by atoms with E-state index in [9.17, 15) is 19.2 Å². The first kappa shape index (κ1) is 30.0. The van der Waals surface area contributed by atoms with Crippen molar-refractivity contribution in [2.24, 2.45) is 0 Å². The molecule has 228 valence electrons. The van der Waals surface area contributed by atoms with E-state index < -0.39 is 23.8 Å². The highest BCUT2D eigenvalue weighted by Crippen LogP contribution is 2.38. The lowest BCUT2D eigenvalue weighted by atomic mass is 10.0. The van der Waals surface area contributed by atoms with Crippen LogP contribution in [0.15, 0.2) is 115 Å². The fourth-order valence-corrected chi connectivity index (χ4v) is 5.49. The number of esters is 1. The number of carbonyl (C=O) groups excluding carboxylic acids is 4. The minimum absolute atomic E-state index is 0.176. The molecular weight excluding hydrogens is 578 g/mol. The van der Waals surface area contributed by atoms with Crippen LogP contribution >= 0.6 is 0 Å². The molecular formula is C38H31N3O5. The molecule has 0 unspecified atom stereocenters. The van der Waals surface area contributed by atoms with Gasteiger partial charge in [-0.05, 0) is 91.6 Å². The van der Waals surface area contributed by atoms with Gasteiger partial charge < -0.3 is 9.30 Å². The van der Waals surface area contributed by atoms with E-state index in [4.69, 9.17) is 4.74 Å². The number of barbiturate groups is 1. The van der Waals surface area contributed by atoms with Crippen LogP contribution in [0.5, 0.6) is 0 Å². The van der Waals surface area contributed by atoms with E-state index in [1.807, 2.05) is 103 Å². The minimum atomic E-state index is -0.803. The lowest BCUT2D eigenvalue weighted by molar-refractivity contribution is -0.122. The molecule has 1 aromatic heterocycles. The Morgan fingerprint density at radius 2 is 1.39 bits per heavy atom. The van der Waals surface area contributed by atoms with Gasteiger partial charge in [0.15, 0.2) is 0 Å². The average molecular weight is 610 g/mol. The molecule has 1 fully saturated rings. The van der Waals surface area contributed by atoms with Gasteiger partial charge in [-0.2, -0.15) is 0 Å². The molecule has 0 radical (unpaired) electrons. The monoisotopic (exact) mass is 609 g/mol. The van der Waals surface area contributed by atoms with E-state index in [0.29, 0.717) is 22.5 Å². The Bertz CT molecular complexity index is 2010. The van der Waals surface area contributed by atoms with E-state index in [0.717, 1.165) is 38.5 Å². The third kappa shape index (κ3) is 5.64. The smallest absolute Gasteiger partial charge is 0.338 e. The van der Waals surface area contributed by atoms with Crippen LogP contribution in [-0.4, -0.2) is 35.0 Å². The summed E-state index contributed by atoms with van der Waals surface area (Å²) in [4.78, 5) is 53.5. The number of aryl methyl sites for hydroxylation is 2. The van der Waals surface area contributed by atoms with Crippen LogP contribution in [0.3, 0.4) is 0 Å². The summed E-state index contributed by atoms with van der Waals surface area (Å²) in [5, 5.41) is 2.34. The summed E-state index contributed by atoms with van der Waals surface area (Å²) in [6, 6.07) is 32.8. The Hall–Kier alpha value is -6.02. The number of rotatable bonds is 7. The summed E-state index contributed by atoms with van der Waals surface area (Å²) in [5.74, 6) is -1.91. The molecule has 1 aliphatic rings. The van der Waals surface area contributed by atoms with Crippen molar-refractivity contribution in [3.05, 3.63) is 137 Å². The molecule has 5 aromatic rings. The Labute approximate surface area is 266 Å². The number of hydrogen-bond acceptors (Lipinski definition) is 5. The number of benzene rings is 4. The third-order valence-electron chi connectivity index (χ3n) is 7.93. The Kier molecular flexibility index (Phi) is 8.18. The topological polar surface area (TPSA) is 97.7 Å². The summed E-state index contributed by atoms with van der Waals surface area (Å²) >= 11 is 0. The van der Waals surface area contributed by atoms with Gasteiger partial charge in [0.05, 0.1) is 29.2 Å². The van der Waals surface area contributed by atoms with Crippen molar-refractivity contribution in [2.45, 2.75) is 20.8 Å². The summed E-state index contributed by atoms with van der Waals surface area (Å²) in [5.41, 5.74) is 7.11. The maximum atomic E-state index is 13.9. The molecule has 4 amide bonds. The number of urea groups is 1. The molecule has 0 spiro atoms. The van der Waals surface area contributed by atoms with E-state index in [1.54, 1.807) is 31.2 Å². The zero-order valence-corrected chi connectivity index (χ0v) is 25.6.